The zero-order valence-electron chi connectivity index (χ0n) is 10.8. The zero-order chi connectivity index (χ0) is 14.5. The lowest BCUT2D eigenvalue weighted by molar-refractivity contribution is -0.149. The van der Waals surface area contributed by atoms with Crippen LogP contribution < -0.4 is 0 Å². The molecule has 0 radical (unpaired) electrons. The average molecular weight is 280 g/mol. The molecule has 3 unspecified atom stereocenters. The summed E-state index contributed by atoms with van der Waals surface area (Å²) in [6.45, 7) is -0.112. The van der Waals surface area contributed by atoms with Gasteiger partial charge in [0.2, 0.25) is 0 Å². The summed E-state index contributed by atoms with van der Waals surface area (Å²) in [5, 5.41) is 18.2. The van der Waals surface area contributed by atoms with Crippen LogP contribution in [0.4, 0.5) is 0 Å². The Hall–Kier alpha value is -1.92. The minimum Gasteiger partial charge on any atom is -0.481 e. The van der Waals surface area contributed by atoms with Gasteiger partial charge in [-0.25, -0.2) is 4.79 Å². The molecule has 1 aliphatic heterocycles. The van der Waals surface area contributed by atoms with Gasteiger partial charge in [-0.05, 0) is 18.4 Å². The van der Waals surface area contributed by atoms with Crippen LogP contribution in [0.2, 0.25) is 0 Å². The van der Waals surface area contributed by atoms with Crippen LogP contribution in [0.15, 0.2) is 30.3 Å². The Balaban J connectivity index is 2.02. The minimum absolute atomic E-state index is 0.112. The fourth-order valence-electron chi connectivity index (χ4n) is 2.27. The second kappa shape index (κ2) is 6.49. The lowest BCUT2D eigenvalue weighted by atomic mass is 9.92. The Bertz CT molecular complexity index is 472. The summed E-state index contributed by atoms with van der Waals surface area (Å²) in [4.78, 5) is 22.3. The number of ether oxygens (including phenoxy) is 2. The van der Waals surface area contributed by atoms with Gasteiger partial charge in [0.1, 0.15) is 6.79 Å². The predicted octanol–water partition coefficient (Wildman–Crippen LogP) is 1.15. The number of carbonyl (C=O) groups is 2. The molecule has 1 aromatic carbocycles. The summed E-state index contributed by atoms with van der Waals surface area (Å²) in [6, 6.07) is 9.22. The van der Waals surface area contributed by atoms with Crippen LogP contribution in [-0.2, 0) is 25.5 Å². The third-order valence-electron chi connectivity index (χ3n) is 3.30. The van der Waals surface area contributed by atoms with Crippen molar-refractivity contribution >= 4 is 11.9 Å². The van der Waals surface area contributed by atoms with Crippen LogP contribution in [0.25, 0.3) is 0 Å². The first kappa shape index (κ1) is 14.5. The van der Waals surface area contributed by atoms with Crippen molar-refractivity contribution in [1.82, 2.24) is 0 Å². The van der Waals surface area contributed by atoms with Crippen LogP contribution in [0.3, 0.4) is 0 Å². The van der Waals surface area contributed by atoms with Gasteiger partial charge in [-0.1, -0.05) is 30.3 Å². The van der Waals surface area contributed by atoms with E-state index in [0.29, 0.717) is 6.42 Å². The number of hydrogen-bond acceptors (Lipinski definition) is 4. The normalized spacial score (nSPS) is 23.4. The second-order valence-electron chi connectivity index (χ2n) is 4.71. The maximum Gasteiger partial charge on any atom is 0.335 e. The Morgan fingerprint density at radius 2 is 1.90 bits per heavy atom. The van der Waals surface area contributed by atoms with Crippen LogP contribution in [-0.4, -0.2) is 41.2 Å². The monoisotopic (exact) mass is 280 g/mol. The van der Waals surface area contributed by atoms with E-state index in [-0.39, 0.29) is 13.2 Å². The Morgan fingerprint density at radius 1 is 1.20 bits per heavy atom. The minimum atomic E-state index is -1.13. The predicted molar refractivity (Wildman–Crippen MR) is 68.1 cm³/mol. The SMILES string of the molecule is O=C(O)C(Cc1ccccc1)CC1OCOC1C(=O)O. The van der Waals surface area contributed by atoms with E-state index in [1.54, 1.807) is 0 Å². The van der Waals surface area contributed by atoms with Crippen molar-refractivity contribution in [3.8, 4) is 0 Å². The first-order valence-corrected chi connectivity index (χ1v) is 6.30. The Labute approximate surface area is 115 Å². The molecule has 3 atom stereocenters. The Kier molecular flexibility index (Phi) is 4.70. The molecule has 0 aliphatic carbocycles. The molecule has 0 aromatic heterocycles. The van der Waals surface area contributed by atoms with Crippen molar-refractivity contribution in [2.24, 2.45) is 5.92 Å². The van der Waals surface area contributed by atoms with Crippen LogP contribution in [0.5, 0.6) is 0 Å². The number of hydrogen-bond donors (Lipinski definition) is 2. The van der Waals surface area contributed by atoms with E-state index in [2.05, 4.69) is 0 Å². The fraction of sp³-hybridized carbons (Fsp3) is 0.429. The maximum atomic E-state index is 11.3. The highest BCUT2D eigenvalue weighted by Crippen LogP contribution is 2.23. The van der Waals surface area contributed by atoms with E-state index in [0.717, 1.165) is 5.56 Å². The van der Waals surface area contributed by atoms with Gasteiger partial charge in [0, 0.05) is 0 Å². The van der Waals surface area contributed by atoms with Gasteiger partial charge in [0.05, 0.1) is 12.0 Å². The van der Waals surface area contributed by atoms with E-state index in [9.17, 15) is 14.7 Å². The standard InChI is InChI=1S/C14H16O6/c15-13(16)10(6-9-4-2-1-3-5-9)7-11-12(14(17)18)20-8-19-11/h1-5,10-12H,6-8H2,(H,15,16)(H,17,18). The van der Waals surface area contributed by atoms with Gasteiger partial charge in [-0.3, -0.25) is 4.79 Å². The molecule has 1 heterocycles. The first-order valence-electron chi connectivity index (χ1n) is 6.30. The molecule has 2 rings (SSSR count). The average Bonchev–Trinajstić information content (AvgIpc) is 2.87. The number of rotatable bonds is 6. The van der Waals surface area contributed by atoms with Gasteiger partial charge in [0.15, 0.2) is 6.10 Å². The third kappa shape index (κ3) is 3.55. The van der Waals surface area contributed by atoms with Crippen molar-refractivity contribution in [3.05, 3.63) is 35.9 Å². The molecule has 1 aliphatic rings. The highest BCUT2D eigenvalue weighted by molar-refractivity contribution is 5.74. The quantitative estimate of drug-likeness (QED) is 0.812. The number of benzene rings is 1. The molecule has 0 amide bonds. The summed E-state index contributed by atoms with van der Waals surface area (Å²) in [5.74, 6) is -2.80. The highest BCUT2D eigenvalue weighted by atomic mass is 16.7. The first-order chi connectivity index (χ1) is 9.58. The van der Waals surface area contributed by atoms with Crippen molar-refractivity contribution in [1.29, 1.82) is 0 Å². The molecular weight excluding hydrogens is 264 g/mol. The van der Waals surface area contributed by atoms with Crippen LogP contribution >= 0.6 is 0 Å². The lowest BCUT2D eigenvalue weighted by Crippen LogP contribution is -2.34. The van der Waals surface area contributed by atoms with E-state index >= 15 is 0 Å². The summed E-state index contributed by atoms with van der Waals surface area (Å²) in [5.41, 5.74) is 0.894. The topological polar surface area (TPSA) is 93.1 Å². The summed E-state index contributed by atoms with van der Waals surface area (Å²) in [6.07, 6.45) is -1.37. The molecule has 108 valence electrons. The van der Waals surface area contributed by atoms with Crippen molar-refractivity contribution < 1.29 is 29.3 Å². The molecule has 0 spiro atoms. The van der Waals surface area contributed by atoms with Gasteiger partial charge in [-0.15, -0.1) is 0 Å². The Morgan fingerprint density at radius 3 is 2.50 bits per heavy atom. The van der Waals surface area contributed by atoms with Gasteiger partial charge < -0.3 is 19.7 Å². The molecular formula is C14H16O6. The number of carboxylic acids is 2. The van der Waals surface area contributed by atoms with Crippen molar-refractivity contribution in [3.63, 3.8) is 0 Å². The van der Waals surface area contributed by atoms with Crippen molar-refractivity contribution in [2.75, 3.05) is 6.79 Å². The van der Waals surface area contributed by atoms with Crippen LogP contribution in [0, 0.1) is 5.92 Å². The highest BCUT2D eigenvalue weighted by Gasteiger charge is 2.38. The molecule has 1 saturated heterocycles. The maximum absolute atomic E-state index is 11.3. The molecule has 6 heteroatoms. The third-order valence-corrected chi connectivity index (χ3v) is 3.30. The number of carboxylic acid groups (broad SMARTS) is 2. The lowest BCUT2D eigenvalue weighted by Gasteiger charge is -2.18. The molecule has 1 fully saturated rings. The fourth-order valence-corrected chi connectivity index (χ4v) is 2.27. The molecule has 0 bridgehead atoms. The summed E-state index contributed by atoms with van der Waals surface area (Å²) < 4.78 is 10.1. The zero-order valence-corrected chi connectivity index (χ0v) is 10.8. The van der Waals surface area contributed by atoms with Gasteiger partial charge >= 0.3 is 11.9 Å². The van der Waals surface area contributed by atoms with E-state index < -0.39 is 30.1 Å². The van der Waals surface area contributed by atoms with Crippen molar-refractivity contribution in [2.45, 2.75) is 25.0 Å². The smallest absolute Gasteiger partial charge is 0.335 e. The van der Waals surface area contributed by atoms with E-state index in [1.807, 2.05) is 30.3 Å². The molecule has 0 saturated carbocycles. The van der Waals surface area contributed by atoms with Crippen LogP contribution in [0.1, 0.15) is 12.0 Å². The van der Waals surface area contributed by atoms with Gasteiger partial charge in [0.25, 0.3) is 0 Å². The molecule has 20 heavy (non-hydrogen) atoms. The van der Waals surface area contributed by atoms with Gasteiger partial charge in [-0.2, -0.15) is 0 Å². The summed E-state index contributed by atoms with van der Waals surface area (Å²) >= 11 is 0. The summed E-state index contributed by atoms with van der Waals surface area (Å²) in [7, 11) is 0. The largest absolute Gasteiger partial charge is 0.481 e. The second-order valence-corrected chi connectivity index (χ2v) is 4.71. The molecule has 6 nitrogen and oxygen atoms in total. The van der Waals surface area contributed by atoms with E-state index in [1.165, 1.54) is 0 Å². The number of aliphatic carboxylic acids is 2. The van der Waals surface area contributed by atoms with E-state index in [4.69, 9.17) is 14.6 Å². The molecule has 1 aromatic rings. The molecule has 2 N–H and O–H groups in total.